The number of amides is 2. The molecule has 0 aromatic heterocycles. The van der Waals surface area contributed by atoms with E-state index in [4.69, 9.17) is 16.3 Å². The summed E-state index contributed by atoms with van der Waals surface area (Å²) in [6.45, 7) is 1.67. The van der Waals surface area contributed by atoms with E-state index in [9.17, 15) is 9.59 Å². The molecule has 0 fully saturated rings. The van der Waals surface area contributed by atoms with Crippen LogP contribution in [0.25, 0.3) is 0 Å². The molecule has 1 aliphatic heterocycles. The highest BCUT2D eigenvalue weighted by atomic mass is 79.9. The molecule has 0 unspecified atom stereocenters. The second-order valence-corrected chi connectivity index (χ2v) is 6.36. The molecule has 0 saturated carbocycles. The van der Waals surface area contributed by atoms with Gasteiger partial charge in [-0.1, -0.05) is 27.5 Å². The predicted octanol–water partition coefficient (Wildman–Crippen LogP) is 4.07. The zero-order valence-corrected chi connectivity index (χ0v) is 14.4. The lowest BCUT2D eigenvalue weighted by Crippen LogP contribution is -2.34. The summed E-state index contributed by atoms with van der Waals surface area (Å²) in [5.74, 6) is -0.000676. The average molecular weight is 396 g/mol. The third kappa shape index (κ3) is 3.33. The van der Waals surface area contributed by atoms with E-state index in [0.717, 1.165) is 4.47 Å². The highest BCUT2D eigenvalue weighted by Gasteiger charge is 2.23. The van der Waals surface area contributed by atoms with E-state index in [1.165, 1.54) is 0 Å². The SMILES string of the molecule is C[C@H]1Oc2ccc(NC(=O)c3cc(Br)ccc3Cl)cc2NC1=O. The Bertz CT molecular complexity index is 810. The minimum Gasteiger partial charge on any atom is -0.479 e. The monoisotopic (exact) mass is 394 g/mol. The maximum Gasteiger partial charge on any atom is 0.265 e. The number of rotatable bonds is 2. The fourth-order valence-electron chi connectivity index (χ4n) is 2.16. The molecule has 3 rings (SSSR count). The molecular weight excluding hydrogens is 384 g/mol. The van der Waals surface area contributed by atoms with Crippen LogP contribution in [-0.4, -0.2) is 17.9 Å². The van der Waals surface area contributed by atoms with Gasteiger partial charge in [0.1, 0.15) is 5.75 Å². The molecule has 1 aliphatic rings. The molecule has 23 heavy (non-hydrogen) atoms. The Morgan fingerprint density at radius 1 is 1.30 bits per heavy atom. The first kappa shape index (κ1) is 15.8. The summed E-state index contributed by atoms with van der Waals surface area (Å²) < 4.78 is 6.23. The summed E-state index contributed by atoms with van der Waals surface area (Å²) in [7, 11) is 0. The summed E-state index contributed by atoms with van der Waals surface area (Å²) >= 11 is 9.36. The molecule has 0 saturated heterocycles. The molecule has 118 valence electrons. The molecule has 1 atom stereocenters. The second kappa shape index (κ2) is 6.22. The van der Waals surface area contributed by atoms with Crippen molar-refractivity contribution < 1.29 is 14.3 Å². The number of ether oxygens (including phenoxy) is 1. The zero-order chi connectivity index (χ0) is 16.6. The van der Waals surface area contributed by atoms with Crippen molar-refractivity contribution >= 4 is 50.7 Å². The molecule has 0 spiro atoms. The molecule has 0 aliphatic carbocycles. The molecule has 2 aromatic carbocycles. The number of nitrogens with one attached hydrogen (secondary N) is 2. The minimum atomic E-state index is -0.539. The van der Waals surface area contributed by atoms with Crippen molar-refractivity contribution in [2.24, 2.45) is 0 Å². The molecule has 5 nitrogen and oxygen atoms in total. The normalized spacial score (nSPS) is 16.1. The quantitative estimate of drug-likeness (QED) is 0.805. The number of carbonyl (C=O) groups is 2. The van der Waals surface area contributed by atoms with Crippen LogP contribution >= 0.6 is 27.5 Å². The number of hydrogen-bond acceptors (Lipinski definition) is 3. The standard InChI is InChI=1S/C16H12BrClN2O3/c1-8-15(21)20-13-7-10(3-5-14(13)23-8)19-16(22)11-6-9(17)2-4-12(11)18/h2-8H,1H3,(H,19,22)(H,20,21)/t8-/m1/s1. The van der Waals surface area contributed by atoms with Gasteiger partial charge in [0, 0.05) is 10.2 Å². The van der Waals surface area contributed by atoms with E-state index < -0.39 is 6.10 Å². The fraction of sp³-hybridized carbons (Fsp3) is 0.125. The smallest absolute Gasteiger partial charge is 0.265 e. The van der Waals surface area contributed by atoms with Crippen molar-refractivity contribution in [3.8, 4) is 5.75 Å². The van der Waals surface area contributed by atoms with Gasteiger partial charge in [-0.15, -0.1) is 0 Å². The van der Waals surface area contributed by atoms with Crippen LogP contribution in [0.3, 0.4) is 0 Å². The lowest BCUT2D eigenvalue weighted by molar-refractivity contribution is -0.122. The zero-order valence-electron chi connectivity index (χ0n) is 12.0. The Hall–Kier alpha value is -2.05. The summed E-state index contributed by atoms with van der Waals surface area (Å²) in [4.78, 5) is 24.0. The molecule has 0 bridgehead atoms. The third-order valence-electron chi connectivity index (χ3n) is 3.34. The van der Waals surface area contributed by atoms with Crippen LogP contribution in [-0.2, 0) is 4.79 Å². The number of carbonyl (C=O) groups excluding carboxylic acids is 2. The topological polar surface area (TPSA) is 67.4 Å². The van der Waals surface area contributed by atoms with Gasteiger partial charge in [0.15, 0.2) is 6.10 Å². The van der Waals surface area contributed by atoms with Crippen molar-refractivity contribution in [1.82, 2.24) is 0 Å². The highest BCUT2D eigenvalue weighted by Crippen LogP contribution is 2.32. The van der Waals surface area contributed by atoms with Crippen LogP contribution in [0, 0.1) is 0 Å². The van der Waals surface area contributed by atoms with E-state index in [1.807, 2.05) is 0 Å². The molecule has 0 radical (unpaired) electrons. The van der Waals surface area contributed by atoms with Gasteiger partial charge in [0.05, 0.1) is 16.3 Å². The summed E-state index contributed by atoms with van der Waals surface area (Å²) in [6.07, 6.45) is -0.539. The minimum absolute atomic E-state index is 0.226. The molecule has 2 N–H and O–H groups in total. The molecule has 7 heteroatoms. The number of anilines is 2. The van der Waals surface area contributed by atoms with Crippen LogP contribution in [0.5, 0.6) is 5.75 Å². The van der Waals surface area contributed by atoms with Crippen LogP contribution in [0.15, 0.2) is 40.9 Å². The summed E-state index contributed by atoms with van der Waals surface area (Å²) in [5.41, 5.74) is 1.40. The molecular formula is C16H12BrClN2O3. The first-order valence-corrected chi connectivity index (χ1v) is 7.99. The van der Waals surface area contributed by atoms with E-state index in [0.29, 0.717) is 27.7 Å². The Morgan fingerprint density at radius 3 is 2.87 bits per heavy atom. The lowest BCUT2D eigenvalue weighted by atomic mass is 10.2. The van der Waals surface area contributed by atoms with Crippen LogP contribution in [0.4, 0.5) is 11.4 Å². The van der Waals surface area contributed by atoms with E-state index in [-0.39, 0.29) is 11.8 Å². The van der Waals surface area contributed by atoms with Gasteiger partial charge in [-0.3, -0.25) is 9.59 Å². The van der Waals surface area contributed by atoms with E-state index in [2.05, 4.69) is 26.6 Å². The Kier molecular flexibility index (Phi) is 4.28. The van der Waals surface area contributed by atoms with Crippen LogP contribution in [0.2, 0.25) is 5.02 Å². The molecule has 1 heterocycles. The maximum absolute atomic E-state index is 12.3. The van der Waals surface area contributed by atoms with Gasteiger partial charge in [0.25, 0.3) is 11.8 Å². The number of benzene rings is 2. The van der Waals surface area contributed by atoms with E-state index >= 15 is 0 Å². The fourth-order valence-corrected chi connectivity index (χ4v) is 2.72. The Morgan fingerprint density at radius 2 is 2.09 bits per heavy atom. The number of halogens is 2. The van der Waals surface area contributed by atoms with Gasteiger partial charge >= 0.3 is 0 Å². The Labute approximate surface area is 146 Å². The second-order valence-electron chi connectivity index (χ2n) is 5.04. The van der Waals surface area contributed by atoms with Gasteiger partial charge in [0.2, 0.25) is 0 Å². The third-order valence-corrected chi connectivity index (χ3v) is 4.16. The number of fused-ring (bicyclic) bond motifs is 1. The summed E-state index contributed by atoms with van der Waals surface area (Å²) in [6, 6.07) is 10.1. The van der Waals surface area contributed by atoms with Gasteiger partial charge in [-0.05, 0) is 43.3 Å². The first-order valence-electron chi connectivity index (χ1n) is 6.82. The highest BCUT2D eigenvalue weighted by molar-refractivity contribution is 9.10. The van der Waals surface area contributed by atoms with E-state index in [1.54, 1.807) is 43.3 Å². The van der Waals surface area contributed by atoms with Crippen molar-refractivity contribution in [3.05, 3.63) is 51.5 Å². The van der Waals surface area contributed by atoms with Crippen molar-refractivity contribution in [1.29, 1.82) is 0 Å². The van der Waals surface area contributed by atoms with Crippen molar-refractivity contribution in [2.45, 2.75) is 13.0 Å². The van der Waals surface area contributed by atoms with Crippen LogP contribution < -0.4 is 15.4 Å². The van der Waals surface area contributed by atoms with Gasteiger partial charge < -0.3 is 15.4 Å². The van der Waals surface area contributed by atoms with Crippen molar-refractivity contribution in [2.75, 3.05) is 10.6 Å². The van der Waals surface area contributed by atoms with Gasteiger partial charge in [-0.2, -0.15) is 0 Å². The van der Waals surface area contributed by atoms with Crippen molar-refractivity contribution in [3.63, 3.8) is 0 Å². The predicted molar refractivity (Wildman–Crippen MR) is 92.3 cm³/mol. The first-order chi connectivity index (χ1) is 10.9. The average Bonchev–Trinajstić information content (AvgIpc) is 2.51. The Balaban J connectivity index is 1.84. The molecule has 2 amide bonds. The summed E-state index contributed by atoms with van der Waals surface area (Å²) in [5, 5.41) is 5.84. The largest absolute Gasteiger partial charge is 0.479 e. The molecule has 2 aromatic rings. The maximum atomic E-state index is 12.3. The van der Waals surface area contributed by atoms with Crippen LogP contribution in [0.1, 0.15) is 17.3 Å². The lowest BCUT2D eigenvalue weighted by Gasteiger charge is -2.23. The van der Waals surface area contributed by atoms with Gasteiger partial charge in [-0.25, -0.2) is 0 Å². The number of hydrogen-bond donors (Lipinski definition) is 2.